The number of carbonyl (C=O) groups is 2. The van der Waals surface area contributed by atoms with Crippen molar-refractivity contribution < 1.29 is 27.5 Å². The summed E-state index contributed by atoms with van der Waals surface area (Å²) in [5.74, 6) is -0.288. The fourth-order valence-electron chi connectivity index (χ4n) is 4.18. The number of nitrogens with zero attached hydrogens (tertiary/aromatic N) is 2. The topological polar surface area (TPSA) is 105 Å². The molecule has 0 fully saturated rings. The van der Waals surface area contributed by atoms with E-state index in [1.54, 1.807) is 49.4 Å². The molecule has 226 valence electrons. The Balaban J connectivity index is 2.06. The normalized spacial score (nSPS) is 11.9. The van der Waals surface area contributed by atoms with Gasteiger partial charge in [-0.2, -0.15) is 0 Å². The molecular formula is C30H35Cl2N3O6S. The van der Waals surface area contributed by atoms with E-state index in [4.69, 9.17) is 32.7 Å². The molecule has 3 aromatic rings. The van der Waals surface area contributed by atoms with E-state index < -0.39 is 28.5 Å². The van der Waals surface area contributed by atoms with Crippen LogP contribution in [0.1, 0.15) is 32.3 Å². The van der Waals surface area contributed by atoms with E-state index in [-0.39, 0.29) is 28.8 Å². The van der Waals surface area contributed by atoms with Crippen LogP contribution in [-0.2, 0) is 26.2 Å². The van der Waals surface area contributed by atoms with Gasteiger partial charge in [-0.25, -0.2) is 8.42 Å². The van der Waals surface area contributed by atoms with E-state index in [1.807, 2.05) is 6.92 Å². The molecule has 0 aliphatic rings. The molecule has 0 saturated carbocycles. The van der Waals surface area contributed by atoms with E-state index in [0.29, 0.717) is 27.9 Å². The van der Waals surface area contributed by atoms with Gasteiger partial charge in [-0.15, -0.1) is 0 Å². The minimum Gasteiger partial charge on any atom is -0.493 e. The number of hydrogen-bond donors (Lipinski definition) is 1. The summed E-state index contributed by atoms with van der Waals surface area (Å²) in [6.45, 7) is 3.45. The molecule has 0 bridgehead atoms. The Labute approximate surface area is 257 Å². The monoisotopic (exact) mass is 635 g/mol. The molecule has 0 unspecified atom stereocenters. The molecule has 3 aromatic carbocycles. The summed E-state index contributed by atoms with van der Waals surface area (Å²) in [4.78, 5) is 28.5. The highest BCUT2D eigenvalue weighted by Crippen LogP contribution is 2.34. The maximum atomic E-state index is 14.0. The molecule has 0 aliphatic carbocycles. The van der Waals surface area contributed by atoms with E-state index in [2.05, 4.69) is 5.32 Å². The largest absolute Gasteiger partial charge is 0.493 e. The van der Waals surface area contributed by atoms with Gasteiger partial charge in [0, 0.05) is 19.2 Å². The summed E-state index contributed by atoms with van der Waals surface area (Å²) in [5.41, 5.74) is 0.800. The molecule has 0 spiro atoms. The fraction of sp³-hybridized carbons (Fsp3) is 0.333. The fourth-order valence-corrected chi connectivity index (χ4v) is 5.93. The van der Waals surface area contributed by atoms with Crippen LogP contribution in [0.25, 0.3) is 0 Å². The third-order valence-electron chi connectivity index (χ3n) is 6.60. The first-order chi connectivity index (χ1) is 20.0. The molecule has 9 nitrogen and oxygen atoms in total. The second-order valence-corrected chi connectivity index (χ2v) is 12.1. The zero-order valence-electron chi connectivity index (χ0n) is 24.0. The molecular weight excluding hydrogens is 601 g/mol. The summed E-state index contributed by atoms with van der Waals surface area (Å²) < 4.78 is 39.6. The van der Waals surface area contributed by atoms with Crippen molar-refractivity contribution in [2.24, 2.45) is 0 Å². The van der Waals surface area contributed by atoms with Crippen LogP contribution >= 0.6 is 23.2 Å². The Hall–Kier alpha value is -3.47. The number of ether oxygens (including phenoxy) is 2. The van der Waals surface area contributed by atoms with Gasteiger partial charge in [-0.1, -0.05) is 60.8 Å². The highest BCUT2D eigenvalue weighted by molar-refractivity contribution is 7.92. The molecule has 0 aliphatic heterocycles. The number of nitrogens with one attached hydrogen (secondary N) is 1. The van der Waals surface area contributed by atoms with Gasteiger partial charge in [-0.05, 0) is 55.3 Å². The van der Waals surface area contributed by atoms with Crippen molar-refractivity contribution in [2.75, 3.05) is 31.6 Å². The highest BCUT2D eigenvalue weighted by Gasteiger charge is 2.33. The van der Waals surface area contributed by atoms with Crippen molar-refractivity contribution in [1.29, 1.82) is 0 Å². The van der Waals surface area contributed by atoms with Crippen molar-refractivity contribution in [1.82, 2.24) is 10.2 Å². The molecule has 0 aromatic heterocycles. The predicted octanol–water partition coefficient (Wildman–Crippen LogP) is 5.54. The van der Waals surface area contributed by atoms with Gasteiger partial charge in [0.25, 0.3) is 10.0 Å². The van der Waals surface area contributed by atoms with E-state index in [9.17, 15) is 18.0 Å². The number of rotatable bonds is 14. The number of sulfonamides is 1. The lowest BCUT2D eigenvalue weighted by molar-refractivity contribution is -0.139. The van der Waals surface area contributed by atoms with Crippen LogP contribution in [0.2, 0.25) is 10.0 Å². The van der Waals surface area contributed by atoms with Crippen LogP contribution in [0.15, 0.2) is 71.6 Å². The Morgan fingerprint density at radius 2 is 1.62 bits per heavy atom. The first-order valence-corrected chi connectivity index (χ1v) is 15.5. The minimum absolute atomic E-state index is 0.00558. The maximum absolute atomic E-state index is 14.0. The molecule has 0 saturated heterocycles. The summed E-state index contributed by atoms with van der Waals surface area (Å²) in [6, 6.07) is 16.3. The molecule has 42 heavy (non-hydrogen) atoms. The average molecular weight is 637 g/mol. The van der Waals surface area contributed by atoms with Crippen LogP contribution < -0.4 is 19.1 Å². The quantitative estimate of drug-likeness (QED) is 0.233. The molecule has 0 heterocycles. The molecule has 1 atom stereocenters. The van der Waals surface area contributed by atoms with E-state index in [1.165, 1.54) is 43.4 Å². The summed E-state index contributed by atoms with van der Waals surface area (Å²) in [6.07, 6.45) is 1.67. The predicted molar refractivity (Wildman–Crippen MR) is 165 cm³/mol. The van der Waals surface area contributed by atoms with Gasteiger partial charge in [0.2, 0.25) is 11.8 Å². The van der Waals surface area contributed by atoms with Crippen molar-refractivity contribution >= 4 is 50.7 Å². The lowest BCUT2D eigenvalue weighted by Crippen LogP contribution is -2.51. The number of anilines is 1. The van der Waals surface area contributed by atoms with Gasteiger partial charge >= 0.3 is 0 Å². The third-order valence-corrected chi connectivity index (χ3v) is 9.13. The minimum atomic E-state index is -4.23. The Morgan fingerprint density at radius 3 is 2.24 bits per heavy atom. The van der Waals surface area contributed by atoms with Crippen LogP contribution in [0.5, 0.6) is 11.5 Å². The van der Waals surface area contributed by atoms with Crippen LogP contribution in [-0.4, -0.2) is 58.5 Å². The zero-order valence-corrected chi connectivity index (χ0v) is 26.3. The number of halogens is 2. The maximum Gasteiger partial charge on any atom is 0.264 e. The number of benzene rings is 3. The standard InChI is InChI=1S/C30H35Cl2N3O6S/c1-5-6-16-33-30(37)21(2)34(19-22-12-14-25(31)26(32)17-22)29(36)20-35(42(38,39)24-10-8-7-9-11-24)23-13-15-27(40-3)28(18-23)41-4/h7-15,17-18,21H,5-6,16,19-20H2,1-4H3,(H,33,37)/t21-/m1/s1. The van der Waals surface area contributed by atoms with E-state index in [0.717, 1.165) is 17.1 Å². The SMILES string of the molecule is CCCCNC(=O)[C@@H](C)N(Cc1ccc(Cl)c(Cl)c1)C(=O)CN(c1ccc(OC)c(OC)c1)S(=O)(=O)c1ccccc1. The van der Waals surface area contributed by atoms with Crippen LogP contribution in [0, 0.1) is 0 Å². The first kappa shape index (κ1) is 33.0. The number of methoxy groups -OCH3 is 2. The highest BCUT2D eigenvalue weighted by atomic mass is 35.5. The molecule has 1 N–H and O–H groups in total. The zero-order chi connectivity index (χ0) is 30.9. The lowest BCUT2D eigenvalue weighted by Gasteiger charge is -2.32. The summed E-state index contributed by atoms with van der Waals surface area (Å²) in [5, 5.41) is 3.49. The van der Waals surface area contributed by atoms with Crippen LogP contribution in [0.4, 0.5) is 5.69 Å². The number of carbonyl (C=O) groups excluding carboxylic acids is 2. The number of amides is 2. The Kier molecular flexibility index (Phi) is 11.9. The average Bonchev–Trinajstić information content (AvgIpc) is 2.99. The molecule has 12 heteroatoms. The smallest absolute Gasteiger partial charge is 0.264 e. The van der Waals surface area contributed by atoms with Crippen molar-refractivity contribution in [3.8, 4) is 11.5 Å². The van der Waals surface area contributed by atoms with Crippen LogP contribution in [0.3, 0.4) is 0 Å². The van der Waals surface area contributed by atoms with Gasteiger partial charge in [-0.3, -0.25) is 13.9 Å². The van der Waals surface area contributed by atoms with Gasteiger partial charge in [0.05, 0.1) is 34.8 Å². The number of unbranched alkanes of at least 4 members (excludes halogenated alkanes) is 1. The van der Waals surface area contributed by atoms with Crippen molar-refractivity contribution in [3.05, 3.63) is 82.3 Å². The lowest BCUT2D eigenvalue weighted by atomic mass is 10.1. The Bertz CT molecular complexity index is 1490. The van der Waals surface area contributed by atoms with Gasteiger partial charge in [0.15, 0.2) is 11.5 Å². The second kappa shape index (κ2) is 15.1. The number of hydrogen-bond acceptors (Lipinski definition) is 6. The van der Waals surface area contributed by atoms with Gasteiger partial charge in [0.1, 0.15) is 12.6 Å². The summed E-state index contributed by atoms with van der Waals surface area (Å²) in [7, 11) is -1.33. The first-order valence-electron chi connectivity index (χ1n) is 13.3. The molecule has 3 rings (SSSR count). The second-order valence-electron chi connectivity index (χ2n) is 9.45. The molecule has 0 radical (unpaired) electrons. The van der Waals surface area contributed by atoms with Crippen molar-refractivity contribution in [2.45, 2.75) is 44.2 Å². The van der Waals surface area contributed by atoms with E-state index >= 15 is 0 Å². The summed E-state index contributed by atoms with van der Waals surface area (Å²) >= 11 is 12.3. The third kappa shape index (κ3) is 8.08. The molecule has 2 amide bonds. The van der Waals surface area contributed by atoms with Gasteiger partial charge < -0.3 is 19.7 Å². The Morgan fingerprint density at radius 1 is 0.929 bits per heavy atom. The van der Waals surface area contributed by atoms with Crippen molar-refractivity contribution in [3.63, 3.8) is 0 Å².